The summed E-state index contributed by atoms with van der Waals surface area (Å²) in [5.41, 5.74) is 4.15. The van der Waals surface area contributed by atoms with Gasteiger partial charge in [-0.15, -0.1) is 0 Å². The molecule has 0 saturated heterocycles. The number of hydrogen-bond acceptors (Lipinski definition) is 7. The minimum Gasteiger partial charge on any atom is -0.504 e. The number of esters is 1. The highest BCUT2D eigenvalue weighted by atomic mass is 16.5. The van der Waals surface area contributed by atoms with Crippen LogP contribution in [0.5, 0.6) is 17.2 Å². The Morgan fingerprint density at radius 1 is 1.06 bits per heavy atom. The third-order valence-electron chi connectivity index (χ3n) is 6.03. The summed E-state index contributed by atoms with van der Waals surface area (Å²) >= 11 is 0. The van der Waals surface area contributed by atoms with E-state index < -0.39 is 12.0 Å². The number of imidazole rings is 1. The molecule has 0 unspecified atom stereocenters. The van der Waals surface area contributed by atoms with Crippen molar-refractivity contribution in [2.24, 2.45) is 0 Å². The Morgan fingerprint density at radius 2 is 1.83 bits per heavy atom. The number of aromatic hydroxyl groups is 1. The van der Waals surface area contributed by atoms with Crippen molar-refractivity contribution in [3.05, 3.63) is 83.4 Å². The standard InChI is InChI=1S/C27H25N3O5/c1-4-35-26(32)23-24(16-9-12-18(33-2)13-10-16)29-27-28-19-7-5-6-8-20(19)30(27)25(23)17-11-14-21(31)22(15-17)34-3/h5-15,25,31H,4H2,1-3H3,(H,28,29)/t25-/m0/s1. The number of methoxy groups -OCH3 is 2. The number of ether oxygens (including phenoxy) is 3. The Hall–Kier alpha value is -4.46. The van der Waals surface area contributed by atoms with E-state index >= 15 is 0 Å². The van der Waals surface area contributed by atoms with Gasteiger partial charge in [-0.05, 0) is 66.6 Å². The number of nitrogens with zero attached hydrogens (tertiary/aromatic N) is 2. The van der Waals surface area contributed by atoms with Gasteiger partial charge in [-0.1, -0.05) is 18.2 Å². The molecule has 35 heavy (non-hydrogen) atoms. The molecule has 0 spiro atoms. The zero-order valence-corrected chi connectivity index (χ0v) is 19.6. The molecule has 0 amide bonds. The molecule has 1 aliphatic heterocycles. The van der Waals surface area contributed by atoms with Crippen LogP contribution in [0, 0.1) is 0 Å². The Morgan fingerprint density at radius 3 is 2.54 bits per heavy atom. The highest BCUT2D eigenvalue weighted by molar-refractivity contribution is 6.03. The van der Waals surface area contributed by atoms with Gasteiger partial charge in [-0.25, -0.2) is 9.78 Å². The molecule has 3 aromatic carbocycles. The van der Waals surface area contributed by atoms with Crippen molar-refractivity contribution in [1.82, 2.24) is 9.55 Å². The Bertz CT molecular complexity index is 1440. The predicted molar refractivity (Wildman–Crippen MR) is 133 cm³/mol. The number of nitrogens with one attached hydrogen (secondary N) is 1. The highest BCUT2D eigenvalue weighted by Crippen LogP contribution is 2.44. The van der Waals surface area contributed by atoms with Gasteiger partial charge in [0.05, 0.1) is 49.2 Å². The summed E-state index contributed by atoms with van der Waals surface area (Å²) in [6.07, 6.45) is 0. The Labute approximate surface area is 202 Å². The second kappa shape index (κ2) is 9.06. The van der Waals surface area contributed by atoms with E-state index in [1.807, 2.05) is 53.1 Å². The molecule has 0 saturated carbocycles. The summed E-state index contributed by atoms with van der Waals surface area (Å²) in [5, 5.41) is 13.6. The Kier molecular flexibility index (Phi) is 5.78. The Balaban J connectivity index is 1.82. The molecule has 8 nitrogen and oxygen atoms in total. The lowest BCUT2D eigenvalue weighted by atomic mass is 9.92. The zero-order valence-electron chi connectivity index (χ0n) is 19.6. The van der Waals surface area contributed by atoms with Gasteiger partial charge in [0.25, 0.3) is 0 Å². The first-order valence-electron chi connectivity index (χ1n) is 11.2. The SMILES string of the molecule is CCOC(=O)C1=C(c2ccc(OC)cc2)Nc2nc3ccccc3n2[C@H]1c1ccc(O)c(OC)c1. The van der Waals surface area contributed by atoms with Gasteiger partial charge in [-0.2, -0.15) is 0 Å². The van der Waals surface area contributed by atoms with Crippen LogP contribution >= 0.6 is 0 Å². The van der Waals surface area contributed by atoms with Crippen LogP contribution in [0.2, 0.25) is 0 Å². The number of fused-ring (bicyclic) bond motifs is 3. The number of carbonyl (C=O) groups excluding carboxylic acids is 1. The molecule has 0 fully saturated rings. The molecule has 4 aromatic rings. The van der Waals surface area contributed by atoms with Crippen molar-refractivity contribution >= 4 is 28.6 Å². The minimum absolute atomic E-state index is 0.0120. The molecule has 178 valence electrons. The van der Waals surface area contributed by atoms with E-state index in [4.69, 9.17) is 19.2 Å². The molecule has 1 aliphatic rings. The van der Waals surface area contributed by atoms with Crippen LogP contribution < -0.4 is 14.8 Å². The van der Waals surface area contributed by atoms with Crippen LogP contribution in [-0.2, 0) is 9.53 Å². The van der Waals surface area contributed by atoms with Crippen molar-refractivity contribution < 1.29 is 24.1 Å². The largest absolute Gasteiger partial charge is 0.504 e. The minimum atomic E-state index is -0.593. The molecule has 5 rings (SSSR count). The van der Waals surface area contributed by atoms with Gasteiger partial charge in [-0.3, -0.25) is 4.57 Å². The number of rotatable bonds is 6. The highest BCUT2D eigenvalue weighted by Gasteiger charge is 2.37. The van der Waals surface area contributed by atoms with Crippen molar-refractivity contribution in [1.29, 1.82) is 0 Å². The van der Waals surface area contributed by atoms with Gasteiger partial charge in [0.1, 0.15) is 5.75 Å². The van der Waals surface area contributed by atoms with Crippen LogP contribution in [-0.4, -0.2) is 41.5 Å². The number of aromatic nitrogens is 2. The maximum absolute atomic E-state index is 13.5. The molecular formula is C27H25N3O5. The molecule has 8 heteroatoms. The topological polar surface area (TPSA) is 94.8 Å². The zero-order chi connectivity index (χ0) is 24.5. The monoisotopic (exact) mass is 471 g/mol. The molecule has 2 heterocycles. The van der Waals surface area contributed by atoms with Crippen molar-refractivity contribution in [2.75, 3.05) is 26.1 Å². The van der Waals surface area contributed by atoms with E-state index in [9.17, 15) is 9.90 Å². The number of phenolic OH excluding ortho intramolecular Hbond substituents is 1. The summed E-state index contributed by atoms with van der Waals surface area (Å²) in [6.45, 7) is 2.00. The van der Waals surface area contributed by atoms with Crippen LogP contribution in [0.4, 0.5) is 5.95 Å². The van der Waals surface area contributed by atoms with Crippen LogP contribution in [0.3, 0.4) is 0 Å². The fraction of sp³-hybridized carbons (Fsp3) is 0.185. The normalized spacial score (nSPS) is 14.9. The number of carbonyl (C=O) groups is 1. The van der Waals surface area contributed by atoms with E-state index in [0.717, 1.165) is 22.2 Å². The van der Waals surface area contributed by atoms with Crippen molar-refractivity contribution in [3.63, 3.8) is 0 Å². The second-order valence-corrected chi connectivity index (χ2v) is 7.99. The lowest BCUT2D eigenvalue weighted by Gasteiger charge is -2.31. The molecular weight excluding hydrogens is 446 g/mol. The first-order valence-corrected chi connectivity index (χ1v) is 11.2. The van der Waals surface area contributed by atoms with E-state index in [-0.39, 0.29) is 12.4 Å². The second-order valence-electron chi connectivity index (χ2n) is 7.99. The molecule has 1 atom stereocenters. The lowest BCUT2D eigenvalue weighted by molar-refractivity contribution is -0.138. The van der Waals surface area contributed by atoms with Crippen molar-refractivity contribution in [3.8, 4) is 17.2 Å². The molecule has 2 N–H and O–H groups in total. The number of benzene rings is 3. The quantitative estimate of drug-likeness (QED) is 0.392. The van der Waals surface area contributed by atoms with E-state index in [0.29, 0.717) is 28.7 Å². The van der Waals surface area contributed by atoms with Crippen molar-refractivity contribution in [2.45, 2.75) is 13.0 Å². The predicted octanol–water partition coefficient (Wildman–Crippen LogP) is 4.75. The number of para-hydroxylation sites is 2. The summed E-state index contributed by atoms with van der Waals surface area (Å²) < 4.78 is 18.2. The average molecular weight is 472 g/mol. The van der Waals surface area contributed by atoms with Crippen LogP contribution in [0.25, 0.3) is 16.7 Å². The summed E-state index contributed by atoms with van der Waals surface area (Å²) in [6, 6.07) is 19.6. The molecule has 0 radical (unpaired) electrons. The number of hydrogen-bond donors (Lipinski definition) is 2. The molecule has 0 aliphatic carbocycles. The number of phenols is 1. The maximum atomic E-state index is 13.5. The van der Waals surface area contributed by atoms with E-state index in [1.54, 1.807) is 32.2 Å². The summed E-state index contributed by atoms with van der Waals surface area (Å²) in [5.74, 6) is 1.16. The summed E-state index contributed by atoms with van der Waals surface area (Å²) in [7, 11) is 3.10. The number of anilines is 1. The van der Waals surface area contributed by atoms with E-state index in [2.05, 4.69) is 5.32 Å². The van der Waals surface area contributed by atoms with Crippen LogP contribution in [0.15, 0.2) is 72.3 Å². The van der Waals surface area contributed by atoms with Gasteiger partial charge < -0.3 is 24.6 Å². The lowest BCUT2D eigenvalue weighted by Crippen LogP contribution is -2.29. The average Bonchev–Trinajstić information content (AvgIpc) is 3.26. The molecule has 0 bridgehead atoms. The third-order valence-corrected chi connectivity index (χ3v) is 6.03. The van der Waals surface area contributed by atoms with E-state index in [1.165, 1.54) is 7.11 Å². The van der Waals surface area contributed by atoms with Gasteiger partial charge >= 0.3 is 5.97 Å². The smallest absolute Gasteiger partial charge is 0.338 e. The molecule has 1 aromatic heterocycles. The van der Waals surface area contributed by atoms with Gasteiger partial charge in [0, 0.05) is 0 Å². The summed E-state index contributed by atoms with van der Waals surface area (Å²) in [4.78, 5) is 18.3. The van der Waals surface area contributed by atoms with Crippen LogP contribution in [0.1, 0.15) is 24.1 Å². The third kappa shape index (κ3) is 3.82. The fourth-order valence-corrected chi connectivity index (χ4v) is 4.43. The first kappa shape index (κ1) is 22.3. The fourth-order valence-electron chi connectivity index (χ4n) is 4.43. The van der Waals surface area contributed by atoms with Gasteiger partial charge in [0.2, 0.25) is 5.95 Å². The maximum Gasteiger partial charge on any atom is 0.338 e. The van der Waals surface area contributed by atoms with Gasteiger partial charge in [0.15, 0.2) is 11.5 Å². The first-order chi connectivity index (χ1) is 17.0.